The smallest absolute Gasteiger partial charge is 0.356 e. The normalized spacial score (nSPS) is 10.4. The lowest BCUT2D eigenvalue weighted by Gasteiger charge is -2.12. The van der Waals surface area contributed by atoms with Gasteiger partial charge in [-0.15, -0.1) is 0 Å². The van der Waals surface area contributed by atoms with E-state index >= 15 is 0 Å². The molecule has 0 aliphatic carbocycles. The molecule has 1 aromatic heterocycles. The van der Waals surface area contributed by atoms with Gasteiger partial charge in [-0.25, -0.2) is 19.2 Å². The number of carboxylic acids is 1. The highest BCUT2D eigenvalue weighted by molar-refractivity contribution is 6.34. The molecule has 3 rings (SSSR count). The Morgan fingerprint density at radius 2 is 1.86 bits per heavy atom. The molecule has 29 heavy (non-hydrogen) atoms. The van der Waals surface area contributed by atoms with Gasteiger partial charge in [0.2, 0.25) is 0 Å². The third-order valence-corrected chi connectivity index (χ3v) is 4.17. The minimum Gasteiger partial charge on any atom is -0.494 e. The number of carbonyl (C=O) groups is 2. The zero-order valence-corrected chi connectivity index (χ0v) is 15.9. The number of amides is 1. The fourth-order valence-electron chi connectivity index (χ4n) is 2.62. The molecule has 0 fully saturated rings. The highest BCUT2D eigenvalue weighted by atomic mass is 35.5. The third-order valence-electron chi connectivity index (χ3n) is 3.87. The molecule has 0 saturated heterocycles. The Balaban J connectivity index is 1.92. The van der Waals surface area contributed by atoms with E-state index in [1.165, 1.54) is 12.1 Å². The number of carboxylic acid groups (broad SMARTS) is 1. The summed E-state index contributed by atoms with van der Waals surface area (Å²) in [5.41, 5.74) is -0.132. The van der Waals surface area contributed by atoms with Gasteiger partial charge in [0.1, 0.15) is 11.6 Å². The number of benzene rings is 2. The molecule has 9 heteroatoms. The fraction of sp³-hybridized carbons (Fsp3) is 0.100. The summed E-state index contributed by atoms with van der Waals surface area (Å²) >= 11 is 6.18. The van der Waals surface area contributed by atoms with E-state index in [1.54, 1.807) is 24.3 Å². The number of hydrogen-bond acceptors (Lipinski definition) is 5. The summed E-state index contributed by atoms with van der Waals surface area (Å²) in [6.07, 6.45) is 2.30. The maximum absolute atomic E-state index is 14.7. The zero-order chi connectivity index (χ0) is 21.0. The average molecular weight is 416 g/mol. The SMILES string of the molecule is CCOc1cccc(-c2cc(F)c(NC(=O)c3nccnc3C(=O)O)c(Cl)c2)c1. The second kappa shape index (κ2) is 8.66. The van der Waals surface area contributed by atoms with Crippen molar-refractivity contribution in [1.29, 1.82) is 0 Å². The molecule has 0 radical (unpaired) electrons. The van der Waals surface area contributed by atoms with Crippen LogP contribution in [0.15, 0.2) is 48.8 Å². The second-order valence-electron chi connectivity index (χ2n) is 5.79. The van der Waals surface area contributed by atoms with Crippen LogP contribution in [0.5, 0.6) is 5.75 Å². The molecule has 1 heterocycles. The van der Waals surface area contributed by atoms with Gasteiger partial charge in [0.25, 0.3) is 5.91 Å². The lowest BCUT2D eigenvalue weighted by molar-refractivity contribution is 0.0685. The largest absolute Gasteiger partial charge is 0.494 e. The summed E-state index contributed by atoms with van der Waals surface area (Å²) in [6, 6.07) is 9.75. The number of anilines is 1. The summed E-state index contributed by atoms with van der Waals surface area (Å²) in [5, 5.41) is 11.3. The Kier molecular flexibility index (Phi) is 6.04. The van der Waals surface area contributed by atoms with Gasteiger partial charge in [0.05, 0.1) is 17.3 Å². The first kappa shape index (κ1) is 20.2. The summed E-state index contributed by atoms with van der Waals surface area (Å²) in [4.78, 5) is 30.9. The molecule has 3 aromatic rings. The third kappa shape index (κ3) is 4.49. The topological polar surface area (TPSA) is 101 Å². The minimum absolute atomic E-state index is 0.0593. The van der Waals surface area contributed by atoms with Crippen molar-refractivity contribution < 1.29 is 23.8 Å². The van der Waals surface area contributed by atoms with E-state index in [1.807, 2.05) is 6.92 Å². The molecule has 1 amide bonds. The van der Waals surface area contributed by atoms with Gasteiger partial charge < -0.3 is 15.2 Å². The van der Waals surface area contributed by atoms with Crippen molar-refractivity contribution in [2.75, 3.05) is 11.9 Å². The second-order valence-corrected chi connectivity index (χ2v) is 6.20. The molecule has 0 bridgehead atoms. The maximum Gasteiger partial charge on any atom is 0.356 e. The molecule has 2 aromatic carbocycles. The maximum atomic E-state index is 14.7. The van der Waals surface area contributed by atoms with E-state index in [9.17, 15) is 14.0 Å². The van der Waals surface area contributed by atoms with Crippen LogP contribution in [0, 0.1) is 5.82 Å². The molecule has 0 aliphatic heterocycles. The van der Waals surface area contributed by atoms with E-state index in [4.69, 9.17) is 21.4 Å². The number of nitrogens with zero attached hydrogens (tertiary/aromatic N) is 2. The Morgan fingerprint density at radius 1 is 1.14 bits per heavy atom. The molecular weight excluding hydrogens is 401 g/mol. The van der Waals surface area contributed by atoms with Crippen LogP contribution in [0.2, 0.25) is 5.02 Å². The van der Waals surface area contributed by atoms with Crippen molar-refractivity contribution in [3.05, 3.63) is 71.0 Å². The average Bonchev–Trinajstić information content (AvgIpc) is 2.71. The molecule has 0 atom stereocenters. The number of halogens is 2. The van der Waals surface area contributed by atoms with Crippen molar-refractivity contribution in [3.8, 4) is 16.9 Å². The first-order chi connectivity index (χ1) is 13.9. The Morgan fingerprint density at radius 3 is 2.52 bits per heavy atom. The highest BCUT2D eigenvalue weighted by Gasteiger charge is 2.22. The van der Waals surface area contributed by atoms with Gasteiger partial charge in [-0.1, -0.05) is 23.7 Å². The van der Waals surface area contributed by atoms with Crippen molar-refractivity contribution >= 4 is 29.2 Å². The molecular formula is C20H15ClFN3O4. The standard InChI is InChI=1S/C20H15ClFN3O4/c1-2-29-13-5-3-4-11(8-13)12-9-14(21)16(15(22)10-12)25-19(26)17-18(20(27)28)24-7-6-23-17/h3-10H,2H2,1H3,(H,25,26)(H,27,28). The van der Waals surface area contributed by atoms with Crippen LogP contribution in [0.4, 0.5) is 10.1 Å². The first-order valence-electron chi connectivity index (χ1n) is 8.48. The summed E-state index contributed by atoms with van der Waals surface area (Å²) in [5.74, 6) is -2.53. The summed E-state index contributed by atoms with van der Waals surface area (Å²) in [6.45, 7) is 2.35. The minimum atomic E-state index is -1.43. The van der Waals surface area contributed by atoms with Gasteiger partial charge in [-0.3, -0.25) is 4.79 Å². The Hall–Kier alpha value is -3.52. The summed E-state index contributed by atoms with van der Waals surface area (Å²) < 4.78 is 20.1. The number of rotatable bonds is 6. The van der Waals surface area contributed by atoms with Crippen LogP contribution >= 0.6 is 11.6 Å². The number of hydrogen-bond donors (Lipinski definition) is 2. The van der Waals surface area contributed by atoms with Crippen LogP contribution in [-0.2, 0) is 0 Å². The van der Waals surface area contributed by atoms with Crippen LogP contribution in [-0.4, -0.2) is 33.6 Å². The molecule has 0 aliphatic rings. The predicted molar refractivity (Wildman–Crippen MR) is 105 cm³/mol. The highest BCUT2D eigenvalue weighted by Crippen LogP contribution is 2.33. The van der Waals surface area contributed by atoms with E-state index in [0.29, 0.717) is 23.5 Å². The van der Waals surface area contributed by atoms with Crippen LogP contribution in [0.3, 0.4) is 0 Å². The number of nitrogens with one attached hydrogen (secondary N) is 1. The van der Waals surface area contributed by atoms with Crippen LogP contribution in [0.1, 0.15) is 27.9 Å². The fourth-order valence-corrected chi connectivity index (χ4v) is 2.88. The lowest BCUT2D eigenvalue weighted by Crippen LogP contribution is -2.20. The van der Waals surface area contributed by atoms with Crippen LogP contribution < -0.4 is 10.1 Å². The van der Waals surface area contributed by atoms with Crippen molar-refractivity contribution in [3.63, 3.8) is 0 Å². The van der Waals surface area contributed by atoms with E-state index in [2.05, 4.69) is 15.3 Å². The number of carbonyl (C=O) groups excluding carboxylic acids is 1. The van der Waals surface area contributed by atoms with Gasteiger partial charge >= 0.3 is 5.97 Å². The van der Waals surface area contributed by atoms with Gasteiger partial charge in [0, 0.05) is 12.4 Å². The van der Waals surface area contributed by atoms with E-state index in [-0.39, 0.29) is 10.7 Å². The zero-order valence-electron chi connectivity index (χ0n) is 15.1. The lowest BCUT2D eigenvalue weighted by atomic mass is 10.0. The van der Waals surface area contributed by atoms with Crippen LogP contribution in [0.25, 0.3) is 11.1 Å². The molecule has 0 spiro atoms. The molecule has 0 unspecified atom stereocenters. The summed E-state index contributed by atoms with van der Waals surface area (Å²) in [7, 11) is 0. The van der Waals surface area contributed by atoms with Crippen molar-refractivity contribution in [2.24, 2.45) is 0 Å². The molecule has 2 N–H and O–H groups in total. The van der Waals surface area contributed by atoms with Crippen molar-refractivity contribution in [1.82, 2.24) is 9.97 Å². The van der Waals surface area contributed by atoms with E-state index < -0.39 is 29.1 Å². The monoisotopic (exact) mass is 415 g/mol. The van der Waals surface area contributed by atoms with Gasteiger partial charge in [0.15, 0.2) is 11.4 Å². The van der Waals surface area contributed by atoms with Gasteiger partial charge in [-0.05, 0) is 42.3 Å². The van der Waals surface area contributed by atoms with Crippen molar-refractivity contribution in [2.45, 2.75) is 6.92 Å². The number of ether oxygens (including phenoxy) is 1. The molecule has 7 nitrogen and oxygen atoms in total. The number of aromatic nitrogens is 2. The first-order valence-corrected chi connectivity index (χ1v) is 8.86. The molecule has 148 valence electrons. The predicted octanol–water partition coefficient (Wildman–Crippen LogP) is 4.29. The molecule has 0 saturated carbocycles. The van der Waals surface area contributed by atoms with E-state index in [0.717, 1.165) is 12.4 Å². The Bertz CT molecular complexity index is 1070. The number of aromatic carboxylic acids is 1. The van der Waals surface area contributed by atoms with Gasteiger partial charge in [-0.2, -0.15) is 0 Å². The Labute approximate surface area is 170 Å². The quantitative estimate of drug-likeness (QED) is 0.623.